The van der Waals surface area contributed by atoms with Gasteiger partial charge in [-0.2, -0.15) is 0 Å². The van der Waals surface area contributed by atoms with Crippen molar-refractivity contribution >= 4 is 11.8 Å². The Morgan fingerprint density at radius 1 is 1.12 bits per heavy atom. The first-order valence-corrected chi connectivity index (χ1v) is 9.41. The lowest BCUT2D eigenvalue weighted by Crippen LogP contribution is -2.52. The van der Waals surface area contributed by atoms with E-state index in [4.69, 9.17) is 4.74 Å². The smallest absolute Gasteiger partial charge is 0.236 e. The van der Waals surface area contributed by atoms with Crippen LogP contribution in [-0.4, -0.2) is 73.6 Å². The molecule has 0 radical (unpaired) electrons. The van der Waals surface area contributed by atoms with Crippen LogP contribution < -0.4 is 5.32 Å². The second kappa shape index (κ2) is 7.83. The Hall–Kier alpha value is -1.14. The molecule has 6 heteroatoms. The molecule has 0 aromatic rings. The molecule has 136 valence electrons. The predicted molar refractivity (Wildman–Crippen MR) is 91.6 cm³/mol. The first-order chi connectivity index (χ1) is 11.6. The minimum Gasteiger partial charge on any atom is -0.381 e. The van der Waals surface area contributed by atoms with Crippen LogP contribution in [0.2, 0.25) is 0 Å². The van der Waals surface area contributed by atoms with E-state index >= 15 is 0 Å². The first kappa shape index (κ1) is 17.7. The van der Waals surface area contributed by atoms with E-state index in [1.54, 1.807) is 6.92 Å². The van der Waals surface area contributed by atoms with Crippen LogP contribution >= 0.6 is 0 Å². The van der Waals surface area contributed by atoms with E-state index < -0.39 is 0 Å². The number of carbonyl (C=O) groups is 2. The van der Waals surface area contributed by atoms with Gasteiger partial charge in [0.15, 0.2) is 0 Å². The van der Waals surface area contributed by atoms with E-state index in [2.05, 4.69) is 10.2 Å². The number of hydrogen-bond donors (Lipinski definition) is 1. The third-order valence-corrected chi connectivity index (χ3v) is 6.01. The highest BCUT2D eigenvalue weighted by atomic mass is 16.5. The summed E-state index contributed by atoms with van der Waals surface area (Å²) in [6.45, 7) is 7.40. The lowest BCUT2D eigenvalue weighted by molar-refractivity contribution is -0.135. The molecule has 24 heavy (non-hydrogen) atoms. The molecule has 3 fully saturated rings. The van der Waals surface area contributed by atoms with Gasteiger partial charge >= 0.3 is 0 Å². The van der Waals surface area contributed by atoms with Gasteiger partial charge in [-0.15, -0.1) is 0 Å². The average molecular weight is 337 g/mol. The normalized spacial score (nSPS) is 27.9. The summed E-state index contributed by atoms with van der Waals surface area (Å²) in [6.07, 6.45) is 6.69. The molecule has 3 aliphatic rings. The van der Waals surface area contributed by atoms with Crippen molar-refractivity contribution in [2.24, 2.45) is 5.41 Å². The van der Waals surface area contributed by atoms with Crippen molar-refractivity contribution in [3.8, 4) is 0 Å². The molecule has 3 heterocycles. The summed E-state index contributed by atoms with van der Waals surface area (Å²) >= 11 is 0. The van der Waals surface area contributed by atoms with Gasteiger partial charge in [-0.05, 0) is 57.0 Å². The molecular formula is C18H31N3O3. The Labute approximate surface area is 144 Å². The quantitative estimate of drug-likeness (QED) is 0.835. The zero-order valence-corrected chi connectivity index (χ0v) is 14.9. The molecule has 0 bridgehead atoms. The van der Waals surface area contributed by atoms with Crippen molar-refractivity contribution in [3.05, 3.63) is 0 Å². The maximum Gasteiger partial charge on any atom is 0.236 e. The van der Waals surface area contributed by atoms with Gasteiger partial charge in [0.25, 0.3) is 0 Å². The third kappa shape index (κ3) is 4.48. The molecule has 0 aliphatic carbocycles. The van der Waals surface area contributed by atoms with Gasteiger partial charge < -0.3 is 15.0 Å². The van der Waals surface area contributed by atoms with Gasteiger partial charge in [0.1, 0.15) is 0 Å². The SMILES string of the molecule is CC(=O)NC1CCCN(C(=O)CN2CCC3(CCOCC3)CC2)C1. The highest BCUT2D eigenvalue weighted by Gasteiger charge is 2.36. The Balaban J connectivity index is 1.44. The molecule has 3 saturated heterocycles. The second-order valence-electron chi connectivity index (χ2n) is 7.77. The van der Waals surface area contributed by atoms with Crippen molar-refractivity contribution in [2.75, 3.05) is 45.9 Å². The molecule has 3 aliphatic heterocycles. The number of nitrogens with one attached hydrogen (secondary N) is 1. The molecule has 1 atom stereocenters. The fourth-order valence-electron chi connectivity index (χ4n) is 4.39. The number of ether oxygens (including phenoxy) is 1. The van der Waals surface area contributed by atoms with Crippen molar-refractivity contribution in [1.82, 2.24) is 15.1 Å². The van der Waals surface area contributed by atoms with E-state index in [1.807, 2.05) is 4.90 Å². The minimum absolute atomic E-state index is 0.00732. The van der Waals surface area contributed by atoms with Crippen molar-refractivity contribution < 1.29 is 14.3 Å². The predicted octanol–water partition coefficient (Wildman–Crippen LogP) is 1.01. The summed E-state index contributed by atoms with van der Waals surface area (Å²) in [5.41, 5.74) is 0.472. The fraction of sp³-hybridized carbons (Fsp3) is 0.889. The van der Waals surface area contributed by atoms with Gasteiger partial charge in [-0.25, -0.2) is 0 Å². The molecule has 0 saturated carbocycles. The number of hydrogen-bond acceptors (Lipinski definition) is 4. The highest BCUT2D eigenvalue weighted by Crippen LogP contribution is 2.40. The monoisotopic (exact) mass is 337 g/mol. The van der Waals surface area contributed by atoms with Crippen LogP contribution in [0.3, 0.4) is 0 Å². The van der Waals surface area contributed by atoms with Crippen molar-refractivity contribution in [1.29, 1.82) is 0 Å². The summed E-state index contributed by atoms with van der Waals surface area (Å²) in [5.74, 6) is 0.208. The van der Waals surface area contributed by atoms with Crippen molar-refractivity contribution in [3.63, 3.8) is 0 Å². The fourth-order valence-corrected chi connectivity index (χ4v) is 4.39. The Bertz CT molecular complexity index is 452. The molecule has 1 N–H and O–H groups in total. The maximum atomic E-state index is 12.6. The molecule has 1 unspecified atom stereocenters. The number of nitrogens with zero attached hydrogens (tertiary/aromatic N) is 2. The molecule has 1 spiro atoms. The Morgan fingerprint density at radius 2 is 1.83 bits per heavy atom. The molecular weight excluding hydrogens is 306 g/mol. The van der Waals surface area contributed by atoms with E-state index in [0.29, 0.717) is 18.5 Å². The Morgan fingerprint density at radius 3 is 2.50 bits per heavy atom. The van der Waals surface area contributed by atoms with Crippen LogP contribution in [0.4, 0.5) is 0 Å². The van der Waals surface area contributed by atoms with Gasteiger partial charge in [0.2, 0.25) is 11.8 Å². The summed E-state index contributed by atoms with van der Waals surface area (Å²) in [6, 6.07) is 0.118. The van der Waals surface area contributed by atoms with Gasteiger partial charge in [-0.1, -0.05) is 0 Å². The maximum absolute atomic E-state index is 12.6. The molecule has 3 rings (SSSR count). The number of rotatable bonds is 3. The van der Waals surface area contributed by atoms with E-state index in [9.17, 15) is 9.59 Å². The van der Waals surface area contributed by atoms with E-state index in [1.165, 1.54) is 25.7 Å². The minimum atomic E-state index is -0.00732. The summed E-state index contributed by atoms with van der Waals surface area (Å²) < 4.78 is 5.50. The first-order valence-electron chi connectivity index (χ1n) is 9.41. The number of carbonyl (C=O) groups excluding carboxylic acids is 2. The molecule has 2 amide bonds. The largest absolute Gasteiger partial charge is 0.381 e. The molecule has 0 aromatic heterocycles. The topological polar surface area (TPSA) is 61.9 Å². The van der Waals surface area contributed by atoms with Crippen LogP contribution in [-0.2, 0) is 14.3 Å². The molecule has 6 nitrogen and oxygen atoms in total. The van der Waals surface area contributed by atoms with Crippen LogP contribution in [0.25, 0.3) is 0 Å². The van der Waals surface area contributed by atoms with Crippen LogP contribution in [0, 0.1) is 5.41 Å². The van der Waals surface area contributed by atoms with E-state index in [0.717, 1.165) is 45.7 Å². The summed E-state index contributed by atoms with van der Waals surface area (Å²) in [4.78, 5) is 28.1. The van der Waals surface area contributed by atoms with E-state index in [-0.39, 0.29) is 17.9 Å². The summed E-state index contributed by atoms with van der Waals surface area (Å²) in [5, 5.41) is 2.95. The lowest BCUT2D eigenvalue weighted by atomic mass is 9.72. The number of piperidine rings is 2. The standard InChI is InChI=1S/C18H31N3O3/c1-15(22)19-16-3-2-8-21(13-16)17(23)14-20-9-4-18(5-10-20)6-11-24-12-7-18/h16H,2-14H2,1H3,(H,19,22). The van der Waals surface area contributed by atoms with Crippen LogP contribution in [0.15, 0.2) is 0 Å². The molecule has 0 aromatic carbocycles. The second-order valence-corrected chi connectivity index (χ2v) is 7.77. The zero-order chi connectivity index (χ0) is 17.0. The van der Waals surface area contributed by atoms with Gasteiger partial charge in [-0.3, -0.25) is 14.5 Å². The van der Waals surface area contributed by atoms with Gasteiger partial charge in [0, 0.05) is 39.3 Å². The number of amides is 2. The number of likely N-dealkylation sites (tertiary alicyclic amines) is 2. The van der Waals surface area contributed by atoms with Crippen molar-refractivity contribution in [2.45, 2.75) is 51.5 Å². The summed E-state index contributed by atoms with van der Waals surface area (Å²) in [7, 11) is 0. The average Bonchev–Trinajstić information content (AvgIpc) is 2.58. The van der Waals surface area contributed by atoms with Crippen LogP contribution in [0.1, 0.15) is 45.4 Å². The van der Waals surface area contributed by atoms with Gasteiger partial charge in [0.05, 0.1) is 6.54 Å². The Kier molecular flexibility index (Phi) is 5.76. The third-order valence-electron chi connectivity index (χ3n) is 6.01. The lowest BCUT2D eigenvalue weighted by Gasteiger charge is -2.44. The zero-order valence-electron chi connectivity index (χ0n) is 14.9. The van der Waals surface area contributed by atoms with Crippen LogP contribution in [0.5, 0.6) is 0 Å². The highest BCUT2D eigenvalue weighted by molar-refractivity contribution is 5.78.